The van der Waals surface area contributed by atoms with E-state index in [9.17, 15) is 4.79 Å². The van der Waals surface area contributed by atoms with E-state index in [0.29, 0.717) is 24.4 Å². The van der Waals surface area contributed by atoms with E-state index in [1.165, 1.54) is 19.3 Å². The van der Waals surface area contributed by atoms with Crippen molar-refractivity contribution in [2.45, 2.75) is 50.3 Å². The second-order valence-electron chi connectivity index (χ2n) is 4.27. The SMILES string of the molecule is CCCCOC(=O)CNC1CCCC1SC. The van der Waals surface area contributed by atoms with Gasteiger partial charge in [-0.25, -0.2) is 0 Å². The number of nitrogens with one attached hydrogen (secondary N) is 1. The first-order chi connectivity index (χ1) is 7.77. The molecule has 0 aromatic carbocycles. The molecule has 0 aromatic heterocycles. The number of esters is 1. The molecule has 0 aliphatic heterocycles. The van der Waals surface area contributed by atoms with Crippen LogP contribution < -0.4 is 5.32 Å². The molecule has 0 aromatic rings. The van der Waals surface area contributed by atoms with E-state index in [-0.39, 0.29) is 5.97 Å². The molecule has 0 heterocycles. The number of unbranched alkanes of at least 4 members (excludes halogenated alkanes) is 1. The highest BCUT2D eigenvalue weighted by atomic mass is 32.2. The smallest absolute Gasteiger partial charge is 0.319 e. The Labute approximate surface area is 103 Å². The molecular formula is C12H23NO2S. The summed E-state index contributed by atoms with van der Waals surface area (Å²) >= 11 is 1.90. The molecule has 1 aliphatic carbocycles. The Morgan fingerprint density at radius 3 is 3.00 bits per heavy atom. The van der Waals surface area contributed by atoms with Crippen LogP contribution in [0, 0.1) is 0 Å². The van der Waals surface area contributed by atoms with E-state index in [1.807, 2.05) is 11.8 Å². The van der Waals surface area contributed by atoms with Crippen LogP contribution in [0.25, 0.3) is 0 Å². The van der Waals surface area contributed by atoms with E-state index >= 15 is 0 Å². The van der Waals surface area contributed by atoms with Crippen molar-refractivity contribution in [2.75, 3.05) is 19.4 Å². The van der Waals surface area contributed by atoms with Crippen molar-refractivity contribution in [2.24, 2.45) is 0 Å². The summed E-state index contributed by atoms with van der Waals surface area (Å²) < 4.78 is 5.10. The molecule has 0 saturated heterocycles. The van der Waals surface area contributed by atoms with Gasteiger partial charge >= 0.3 is 5.97 Å². The molecular weight excluding hydrogens is 222 g/mol. The van der Waals surface area contributed by atoms with Crippen molar-refractivity contribution < 1.29 is 9.53 Å². The van der Waals surface area contributed by atoms with Crippen molar-refractivity contribution >= 4 is 17.7 Å². The van der Waals surface area contributed by atoms with Gasteiger partial charge in [-0.15, -0.1) is 0 Å². The Kier molecular flexibility index (Phi) is 6.88. The van der Waals surface area contributed by atoms with Gasteiger partial charge in [-0.3, -0.25) is 4.79 Å². The molecule has 1 saturated carbocycles. The number of carbonyl (C=O) groups is 1. The fourth-order valence-corrected chi connectivity index (χ4v) is 3.00. The van der Waals surface area contributed by atoms with Gasteiger partial charge in [-0.1, -0.05) is 19.8 Å². The number of hydrogen-bond acceptors (Lipinski definition) is 4. The average Bonchev–Trinajstić information content (AvgIpc) is 2.74. The van der Waals surface area contributed by atoms with Gasteiger partial charge in [0.2, 0.25) is 0 Å². The number of rotatable bonds is 7. The highest BCUT2D eigenvalue weighted by Crippen LogP contribution is 2.28. The van der Waals surface area contributed by atoms with Crippen LogP contribution in [0.2, 0.25) is 0 Å². The van der Waals surface area contributed by atoms with Crippen LogP contribution in [-0.2, 0) is 9.53 Å². The van der Waals surface area contributed by atoms with E-state index in [4.69, 9.17) is 4.74 Å². The first-order valence-corrected chi connectivity index (χ1v) is 7.48. The van der Waals surface area contributed by atoms with Gasteiger partial charge in [0.25, 0.3) is 0 Å². The van der Waals surface area contributed by atoms with Gasteiger partial charge in [0.1, 0.15) is 0 Å². The molecule has 2 unspecified atom stereocenters. The summed E-state index contributed by atoms with van der Waals surface area (Å²) in [7, 11) is 0. The minimum Gasteiger partial charge on any atom is -0.465 e. The third-order valence-electron chi connectivity index (χ3n) is 3.02. The molecule has 2 atom stereocenters. The van der Waals surface area contributed by atoms with Crippen LogP contribution in [0.1, 0.15) is 39.0 Å². The summed E-state index contributed by atoms with van der Waals surface area (Å²) in [5, 5.41) is 3.98. The molecule has 0 spiro atoms. The van der Waals surface area contributed by atoms with E-state index in [2.05, 4.69) is 18.5 Å². The Balaban J connectivity index is 2.11. The van der Waals surface area contributed by atoms with E-state index < -0.39 is 0 Å². The highest BCUT2D eigenvalue weighted by molar-refractivity contribution is 7.99. The zero-order valence-electron chi connectivity index (χ0n) is 10.3. The molecule has 4 heteroatoms. The van der Waals surface area contributed by atoms with Crippen molar-refractivity contribution in [1.29, 1.82) is 0 Å². The van der Waals surface area contributed by atoms with Gasteiger partial charge in [-0.05, 0) is 25.5 Å². The average molecular weight is 245 g/mol. The quantitative estimate of drug-likeness (QED) is 0.551. The van der Waals surface area contributed by atoms with E-state index in [0.717, 1.165) is 12.8 Å². The Morgan fingerprint density at radius 1 is 1.50 bits per heavy atom. The summed E-state index contributed by atoms with van der Waals surface area (Å²) in [6, 6.07) is 0.494. The monoisotopic (exact) mass is 245 g/mol. The van der Waals surface area contributed by atoms with Crippen LogP contribution in [0.4, 0.5) is 0 Å². The minimum absolute atomic E-state index is 0.111. The zero-order chi connectivity index (χ0) is 11.8. The lowest BCUT2D eigenvalue weighted by Crippen LogP contribution is -2.38. The van der Waals surface area contributed by atoms with Gasteiger partial charge in [0.05, 0.1) is 13.2 Å². The highest BCUT2D eigenvalue weighted by Gasteiger charge is 2.26. The lowest BCUT2D eigenvalue weighted by molar-refractivity contribution is -0.142. The van der Waals surface area contributed by atoms with Crippen molar-refractivity contribution in [3.63, 3.8) is 0 Å². The molecule has 3 nitrogen and oxygen atoms in total. The summed E-state index contributed by atoms with van der Waals surface area (Å²) in [6.45, 7) is 3.02. The normalized spacial score (nSPS) is 24.6. The first kappa shape index (κ1) is 13.8. The number of thioether (sulfide) groups is 1. The van der Waals surface area contributed by atoms with Gasteiger partial charge < -0.3 is 10.1 Å². The molecule has 94 valence electrons. The summed E-state index contributed by atoms with van der Waals surface area (Å²) in [4.78, 5) is 11.4. The van der Waals surface area contributed by atoms with Gasteiger partial charge in [0.15, 0.2) is 0 Å². The number of ether oxygens (including phenoxy) is 1. The maximum Gasteiger partial charge on any atom is 0.319 e. The molecule has 16 heavy (non-hydrogen) atoms. The van der Waals surface area contributed by atoms with Crippen LogP contribution in [0.15, 0.2) is 0 Å². The predicted octanol–water partition coefficient (Wildman–Crippen LogP) is 2.20. The first-order valence-electron chi connectivity index (χ1n) is 6.19. The predicted molar refractivity (Wildman–Crippen MR) is 68.8 cm³/mol. The molecule has 1 aliphatic rings. The molecule has 1 rings (SSSR count). The summed E-state index contributed by atoms with van der Waals surface area (Å²) in [6.07, 6.45) is 7.90. The second kappa shape index (κ2) is 7.96. The molecule has 1 fully saturated rings. The van der Waals surface area contributed by atoms with Crippen molar-refractivity contribution in [3.05, 3.63) is 0 Å². The Hall–Kier alpha value is -0.220. The second-order valence-corrected chi connectivity index (χ2v) is 5.34. The minimum atomic E-state index is -0.111. The maximum absolute atomic E-state index is 11.4. The van der Waals surface area contributed by atoms with Crippen LogP contribution in [-0.4, -0.2) is 36.7 Å². The Bertz CT molecular complexity index is 211. The lowest BCUT2D eigenvalue weighted by Gasteiger charge is -2.18. The van der Waals surface area contributed by atoms with Gasteiger partial charge in [-0.2, -0.15) is 11.8 Å². The number of hydrogen-bond donors (Lipinski definition) is 1. The van der Waals surface area contributed by atoms with Crippen molar-refractivity contribution in [3.8, 4) is 0 Å². The standard InChI is InChI=1S/C12H23NO2S/c1-3-4-8-15-12(14)9-13-10-6-5-7-11(10)16-2/h10-11,13H,3-9H2,1-2H3. The Morgan fingerprint density at radius 2 is 2.31 bits per heavy atom. The molecule has 0 amide bonds. The van der Waals surface area contributed by atoms with Crippen molar-refractivity contribution in [1.82, 2.24) is 5.32 Å². The maximum atomic E-state index is 11.4. The van der Waals surface area contributed by atoms with E-state index in [1.54, 1.807) is 0 Å². The fourth-order valence-electron chi connectivity index (χ4n) is 2.04. The lowest BCUT2D eigenvalue weighted by atomic mass is 10.2. The van der Waals surface area contributed by atoms with Crippen LogP contribution >= 0.6 is 11.8 Å². The topological polar surface area (TPSA) is 38.3 Å². The molecule has 0 bridgehead atoms. The van der Waals surface area contributed by atoms with Crippen LogP contribution in [0.5, 0.6) is 0 Å². The molecule has 1 N–H and O–H groups in total. The number of carbonyl (C=O) groups excluding carboxylic acids is 1. The van der Waals surface area contributed by atoms with Crippen LogP contribution in [0.3, 0.4) is 0 Å². The zero-order valence-corrected chi connectivity index (χ0v) is 11.1. The fraction of sp³-hybridized carbons (Fsp3) is 0.917. The molecule has 0 radical (unpaired) electrons. The summed E-state index contributed by atoms with van der Waals surface area (Å²) in [5.74, 6) is -0.111. The third-order valence-corrected chi connectivity index (χ3v) is 4.19. The summed E-state index contributed by atoms with van der Waals surface area (Å²) in [5.41, 5.74) is 0. The third kappa shape index (κ3) is 4.74. The largest absolute Gasteiger partial charge is 0.465 e. The van der Waals surface area contributed by atoms with Gasteiger partial charge in [0, 0.05) is 11.3 Å².